The molecule has 0 heterocycles. The number of nitro groups is 1. The van der Waals surface area contributed by atoms with Crippen LogP contribution >= 0.6 is 11.8 Å². The summed E-state index contributed by atoms with van der Waals surface area (Å²) in [6.45, 7) is 8.56. The van der Waals surface area contributed by atoms with Gasteiger partial charge in [0.05, 0.1) is 5.25 Å². The molecule has 1 atom stereocenters. The third-order valence-electron chi connectivity index (χ3n) is 4.00. The number of benzene rings is 2. The van der Waals surface area contributed by atoms with Crippen LogP contribution in [-0.4, -0.2) is 11.5 Å². The van der Waals surface area contributed by atoms with E-state index in [0.717, 1.165) is 16.9 Å². The van der Waals surface area contributed by atoms with E-state index < -0.39 is 0 Å². The Balaban J connectivity index is 2.09. The average Bonchev–Trinajstić information content (AvgIpc) is 2.50. The number of aryl methyl sites for hydroxylation is 1. The van der Waals surface area contributed by atoms with Gasteiger partial charge in [-0.05, 0) is 29.0 Å². The highest BCUT2D eigenvalue weighted by molar-refractivity contribution is 7.98. The monoisotopic (exact) mass is 343 g/mol. The molecule has 0 aromatic heterocycles. The zero-order valence-electron chi connectivity index (χ0n) is 14.8. The molecule has 3 nitrogen and oxygen atoms in total. The molecule has 2 aromatic rings. The molecule has 0 bridgehead atoms. The number of nitrogens with zero attached hydrogens (tertiary/aromatic N) is 1. The van der Waals surface area contributed by atoms with Gasteiger partial charge >= 0.3 is 0 Å². The van der Waals surface area contributed by atoms with Gasteiger partial charge in [0, 0.05) is 10.7 Å². The Morgan fingerprint density at radius 1 is 1.12 bits per heavy atom. The fourth-order valence-corrected chi connectivity index (χ4v) is 3.71. The van der Waals surface area contributed by atoms with Crippen molar-refractivity contribution in [2.24, 2.45) is 0 Å². The normalized spacial score (nSPS) is 12.8. The van der Waals surface area contributed by atoms with Gasteiger partial charge in [-0.3, -0.25) is 10.1 Å². The molecule has 0 N–H and O–H groups in total. The van der Waals surface area contributed by atoms with Crippen LogP contribution < -0.4 is 0 Å². The highest BCUT2D eigenvalue weighted by atomic mass is 32.2. The van der Waals surface area contributed by atoms with Crippen LogP contribution in [0.3, 0.4) is 0 Å². The zero-order chi connectivity index (χ0) is 17.7. The van der Waals surface area contributed by atoms with Gasteiger partial charge in [-0.25, -0.2) is 0 Å². The topological polar surface area (TPSA) is 43.1 Å². The number of thioether (sulfide) groups is 1. The summed E-state index contributed by atoms with van der Waals surface area (Å²) in [5, 5.41) is 10.9. The summed E-state index contributed by atoms with van der Waals surface area (Å²) in [4.78, 5) is 10.8. The lowest BCUT2D eigenvalue weighted by Gasteiger charge is -2.19. The van der Waals surface area contributed by atoms with Gasteiger partial charge in [-0.1, -0.05) is 74.9 Å². The maximum atomic E-state index is 11.0. The summed E-state index contributed by atoms with van der Waals surface area (Å²) < 4.78 is 0. The van der Waals surface area contributed by atoms with Crippen molar-refractivity contribution < 1.29 is 4.92 Å². The van der Waals surface area contributed by atoms with Crippen molar-refractivity contribution in [3.05, 3.63) is 80.9 Å². The van der Waals surface area contributed by atoms with Gasteiger partial charge in [0.15, 0.2) is 0 Å². The summed E-state index contributed by atoms with van der Waals surface area (Å²) in [5.74, 6) is 0.775. The van der Waals surface area contributed by atoms with Gasteiger partial charge in [0.25, 0.3) is 0 Å². The van der Waals surface area contributed by atoms with E-state index in [1.807, 2.05) is 31.2 Å². The van der Waals surface area contributed by atoms with Gasteiger partial charge in [0.2, 0.25) is 6.54 Å². The van der Waals surface area contributed by atoms with E-state index in [-0.39, 0.29) is 22.1 Å². The van der Waals surface area contributed by atoms with Gasteiger partial charge < -0.3 is 0 Å². The molecule has 0 saturated carbocycles. The third-order valence-corrected chi connectivity index (χ3v) is 5.32. The Morgan fingerprint density at radius 2 is 1.79 bits per heavy atom. The molecule has 0 radical (unpaired) electrons. The van der Waals surface area contributed by atoms with Crippen LogP contribution in [0.4, 0.5) is 0 Å². The molecule has 0 amide bonds. The van der Waals surface area contributed by atoms with E-state index in [0.29, 0.717) is 0 Å². The predicted molar refractivity (Wildman–Crippen MR) is 102 cm³/mol. The number of hydrogen-bond acceptors (Lipinski definition) is 3. The first-order chi connectivity index (χ1) is 11.3. The second-order valence-electron chi connectivity index (χ2n) is 7.18. The van der Waals surface area contributed by atoms with Crippen LogP contribution in [0.1, 0.15) is 48.3 Å². The summed E-state index contributed by atoms with van der Waals surface area (Å²) >= 11 is 1.64. The van der Waals surface area contributed by atoms with Gasteiger partial charge in [-0.2, -0.15) is 0 Å². The molecule has 0 aliphatic heterocycles. The largest absolute Gasteiger partial charge is 0.264 e. The van der Waals surface area contributed by atoms with Crippen molar-refractivity contribution >= 4 is 11.8 Å². The lowest BCUT2D eigenvalue weighted by atomic mass is 9.87. The van der Waals surface area contributed by atoms with E-state index in [9.17, 15) is 10.1 Å². The summed E-state index contributed by atoms with van der Waals surface area (Å²) in [6, 6.07) is 16.6. The van der Waals surface area contributed by atoms with Crippen LogP contribution in [-0.2, 0) is 11.2 Å². The molecule has 0 saturated heterocycles. The van der Waals surface area contributed by atoms with Crippen LogP contribution in [0.25, 0.3) is 0 Å². The third kappa shape index (κ3) is 5.38. The lowest BCUT2D eigenvalue weighted by molar-refractivity contribution is -0.479. The Hall–Kier alpha value is -1.81. The molecule has 128 valence electrons. The minimum atomic E-state index is -0.220. The summed E-state index contributed by atoms with van der Waals surface area (Å²) in [7, 11) is 0. The van der Waals surface area contributed by atoms with E-state index in [4.69, 9.17) is 0 Å². The second kappa shape index (κ2) is 7.84. The van der Waals surface area contributed by atoms with Crippen LogP contribution in [0.5, 0.6) is 0 Å². The highest BCUT2D eigenvalue weighted by Crippen LogP contribution is 2.33. The molecular weight excluding hydrogens is 318 g/mol. The Bertz CT molecular complexity index is 690. The van der Waals surface area contributed by atoms with E-state index >= 15 is 0 Å². The first kappa shape index (κ1) is 18.5. The molecule has 0 fully saturated rings. The molecule has 4 heteroatoms. The molecular formula is C20H25NO2S. The molecule has 0 spiro atoms. The van der Waals surface area contributed by atoms with E-state index in [1.165, 1.54) is 11.1 Å². The van der Waals surface area contributed by atoms with Crippen molar-refractivity contribution in [3.63, 3.8) is 0 Å². The van der Waals surface area contributed by atoms with Crippen molar-refractivity contribution in [2.45, 2.75) is 44.1 Å². The fourth-order valence-electron chi connectivity index (χ4n) is 2.56. The van der Waals surface area contributed by atoms with Crippen molar-refractivity contribution in [1.82, 2.24) is 0 Å². The fraction of sp³-hybridized carbons (Fsp3) is 0.400. The zero-order valence-corrected chi connectivity index (χ0v) is 15.6. The van der Waals surface area contributed by atoms with Crippen molar-refractivity contribution in [3.8, 4) is 0 Å². The summed E-state index contributed by atoms with van der Waals surface area (Å²) in [5.41, 5.74) is 4.81. The van der Waals surface area contributed by atoms with Crippen LogP contribution in [0, 0.1) is 17.0 Å². The Kier molecular flexibility index (Phi) is 6.05. The minimum absolute atomic E-state index is 0.0474. The Morgan fingerprint density at radius 3 is 2.33 bits per heavy atom. The SMILES string of the molecule is Cc1cccc([C@@H](C[N+](=O)[O-])SCc2ccc(C(C)(C)C)cc2)c1. The molecule has 2 aromatic carbocycles. The molecule has 0 aliphatic rings. The molecule has 2 rings (SSSR count). The predicted octanol–water partition coefficient (Wildman–Crippen LogP) is 5.54. The summed E-state index contributed by atoms with van der Waals surface area (Å²) in [6.07, 6.45) is 0. The van der Waals surface area contributed by atoms with Crippen molar-refractivity contribution in [1.29, 1.82) is 0 Å². The number of rotatable bonds is 6. The maximum Gasteiger partial charge on any atom is 0.219 e. The van der Waals surface area contributed by atoms with Crippen LogP contribution in [0.15, 0.2) is 48.5 Å². The molecule has 0 unspecified atom stereocenters. The first-order valence-electron chi connectivity index (χ1n) is 8.15. The minimum Gasteiger partial charge on any atom is -0.264 e. The van der Waals surface area contributed by atoms with E-state index in [2.05, 4.69) is 45.0 Å². The van der Waals surface area contributed by atoms with Gasteiger partial charge in [-0.15, -0.1) is 11.8 Å². The lowest BCUT2D eigenvalue weighted by Crippen LogP contribution is -2.11. The van der Waals surface area contributed by atoms with E-state index in [1.54, 1.807) is 11.8 Å². The highest BCUT2D eigenvalue weighted by Gasteiger charge is 2.19. The van der Waals surface area contributed by atoms with Crippen molar-refractivity contribution in [2.75, 3.05) is 6.54 Å². The number of hydrogen-bond donors (Lipinski definition) is 0. The first-order valence-corrected chi connectivity index (χ1v) is 9.20. The Labute approximate surface area is 148 Å². The smallest absolute Gasteiger partial charge is 0.219 e. The quantitative estimate of drug-likeness (QED) is 0.510. The van der Waals surface area contributed by atoms with Gasteiger partial charge in [0.1, 0.15) is 0 Å². The van der Waals surface area contributed by atoms with Crippen LogP contribution in [0.2, 0.25) is 0 Å². The second-order valence-corrected chi connectivity index (χ2v) is 8.37. The standard InChI is InChI=1S/C20H25NO2S/c1-15-6-5-7-17(12-15)19(13-21(22)23)24-14-16-8-10-18(11-9-16)20(2,3)4/h5-12,19H,13-14H2,1-4H3/t19-/m1/s1. The molecule has 24 heavy (non-hydrogen) atoms. The average molecular weight is 343 g/mol. The maximum absolute atomic E-state index is 11.0. The molecule has 0 aliphatic carbocycles.